The highest BCUT2D eigenvalue weighted by Gasteiger charge is 2.14. The van der Waals surface area contributed by atoms with Gasteiger partial charge in [-0.25, -0.2) is 0 Å². The van der Waals surface area contributed by atoms with E-state index in [1.807, 2.05) is 6.92 Å². The maximum absolute atomic E-state index is 11.2. The molecule has 0 fully saturated rings. The Kier molecular flexibility index (Phi) is 8.21. The number of carbonyl (C=O) groups is 1. The molecule has 96 valence electrons. The van der Waals surface area contributed by atoms with Crippen LogP contribution in [0.5, 0.6) is 0 Å². The molecule has 4 nitrogen and oxygen atoms in total. The zero-order valence-corrected chi connectivity index (χ0v) is 11.3. The predicted octanol–water partition coefficient (Wildman–Crippen LogP) is 1.21. The van der Waals surface area contributed by atoms with Crippen LogP contribution in [0.15, 0.2) is 0 Å². The largest absolute Gasteiger partial charge is 0.466 e. The Balaban J connectivity index is 3.94. The molecule has 0 saturated heterocycles. The second-order valence-corrected chi connectivity index (χ2v) is 4.29. The Morgan fingerprint density at radius 3 is 2.38 bits per heavy atom. The quantitative estimate of drug-likeness (QED) is 0.587. The van der Waals surface area contributed by atoms with Crippen LogP contribution in [0, 0.1) is 0 Å². The minimum absolute atomic E-state index is 0.0991. The molecule has 0 aromatic heterocycles. The first-order valence-corrected chi connectivity index (χ1v) is 6.05. The van der Waals surface area contributed by atoms with E-state index >= 15 is 0 Å². The van der Waals surface area contributed by atoms with Crippen molar-refractivity contribution in [3.8, 4) is 0 Å². The second kappa shape index (κ2) is 8.53. The van der Waals surface area contributed by atoms with E-state index in [4.69, 9.17) is 4.74 Å². The minimum Gasteiger partial charge on any atom is -0.466 e. The van der Waals surface area contributed by atoms with Crippen molar-refractivity contribution in [3.63, 3.8) is 0 Å². The van der Waals surface area contributed by atoms with Crippen molar-refractivity contribution in [2.45, 2.75) is 33.2 Å². The predicted molar refractivity (Wildman–Crippen MR) is 66.5 cm³/mol. The molecule has 0 spiro atoms. The van der Waals surface area contributed by atoms with Crippen LogP contribution in [0.3, 0.4) is 0 Å². The molecule has 0 aliphatic carbocycles. The lowest BCUT2D eigenvalue weighted by Crippen LogP contribution is -2.41. The van der Waals surface area contributed by atoms with Crippen LogP contribution in [-0.4, -0.2) is 62.1 Å². The van der Waals surface area contributed by atoms with Crippen molar-refractivity contribution < 1.29 is 9.53 Å². The van der Waals surface area contributed by atoms with Crippen LogP contribution < -0.4 is 0 Å². The maximum Gasteiger partial charge on any atom is 0.307 e. The monoisotopic (exact) mass is 230 g/mol. The summed E-state index contributed by atoms with van der Waals surface area (Å²) < 4.78 is 4.92. The van der Waals surface area contributed by atoms with Gasteiger partial charge >= 0.3 is 5.97 Å². The summed E-state index contributed by atoms with van der Waals surface area (Å²) in [6, 6.07) is 0.467. The summed E-state index contributed by atoms with van der Waals surface area (Å²) in [7, 11) is 4.13. The highest BCUT2D eigenvalue weighted by molar-refractivity contribution is 5.69. The first-order chi connectivity index (χ1) is 7.51. The van der Waals surface area contributed by atoms with Gasteiger partial charge in [0.25, 0.3) is 0 Å². The van der Waals surface area contributed by atoms with Crippen molar-refractivity contribution in [1.29, 1.82) is 0 Å². The Labute approximate surface area is 99.5 Å². The van der Waals surface area contributed by atoms with Gasteiger partial charge in [-0.3, -0.25) is 9.69 Å². The van der Waals surface area contributed by atoms with Crippen LogP contribution in [0.4, 0.5) is 0 Å². The molecule has 0 N–H and O–H groups in total. The van der Waals surface area contributed by atoms with Gasteiger partial charge in [-0.1, -0.05) is 6.92 Å². The van der Waals surface area contributed by atoms with Gasteiger partial charge in [-0.2, -0.15) is 0 Å². The van der Waals surface area contributed by atoms with Gasteiger partial charge < -0.3 is 9.64 Å². The summed E-state index contributed by atoms with van der Waals surface area (Å²) in [5, 5.41) is 0. The molecule has 1 atom stereocenters. The first kappa shape index (κ1) is 15.4. The highest BCUT2D eigenvalue weighted by Crippen LogP contribution is 2.02. The Hall–Kier alpha value is -0.610. The first-order valence-electron chi connectivity index (χ1n) is 6.05. The fourth-order valence-corrected chi connectivity index (χ4v) is 1.80. The highest BCUT2D eigenvalue weighted by atomic mass is 16.5. The van der Waals surface area contributed by atoms with Crippen LogP contribution >= 0.6 is 0 Å². The zero-order valence-electron chi connectivity index (χ0n) is 11.3. The molecule has 0 bridgehead atoms. The number of ether oxygens (including phenoxy) is 1. The lowest BCUT2D eigenvalue weighted by molar-refractivity contribution is -0.143. The Morgan fingerprint density at radius 1 is 1.31 bits per heavy atom. The molecular formula is C12H26N2O2. The van der Waals surface area contributed by atoms with Gasteiger partial charge in [0, 0.05) is 19.1 Å². The van der Waals surface area contributed by atoms with E-state index in [2.05, 4.69) is 37.7 Å². The summed E-state index contributed by atoms with van der Waals surface area (Å²) in [5.41, 5.74) is 0. The molecule has 0 aromatic carbocycles. The molecule has 0 aliphatic heterocycles. The van der Waals surface area contributed by atoms with E-state index in [0.717, 1.165) is 19.6 Å². The van der Waals surface area contributed by atoms with Crippen LogP contribution in [0.1, 0.15) is 27.2 Å². The van der Waals surface area contributed by atoms with Crippen LogP contribution in [0.2, 0.25) is 0 Å². The average Bonchev–Trinajstić information content (AvgIpc) is 2.17. The minimum atomic E-state index is -0.0991. The molecule has 0 heterocycles. The Morgan fingerprint density at radius 2 is 1.94 bits per heavy atom. The lowest BCUT2D eigenvalue weighted by Gasteiger charge is -2.29. The molecule has 0 rings (SSSR count). The van der Waals surface area contributed by atoms with Gasteiger partial charge in [0.15, 0.2) is 0 Å². The number of likely N-dealkylation sites (N-methyl/N-ethyl adjacent to an activating group) is 2. The zero-order chi connectivity index (χ0) is 12.6. The number of nitrogens with zero attached hydrogens (tertiary/aromatic N) is 2. The molecule has 0 radical (unpaired) electrons. The topological polar surface area (TPSA) is 32.8 Å². The van der Waals surface area contributed by atoms with Crippen molar-refractivity contribution >= 4 is 5.97 Å². The molecule has 1 unspecified atom stereocenters. The maximum atomic E-state index is 11.2. The molecule has 0 saturated carbocycles. The average molecular weight is 230 g/mol. The molecular weight excluding hydrogens is 204 g/mol. The lowest BCUT2D eigenvalue weighted by atomic mass is 10.2. The van der Waals surface area contributed by atoms with Crippen molar-refractivity contribution in [1.82, 2.24) is 9.80 Å². The van der Waals surface area contributed by atoms with E-state index in [1.54, 1.807) is 0 Å². The van der Waals surface area contributed by atoms with E-state index in [9.17, 15) is 4.79 Å². The summed E-state index contributed by atoms with van der Waals surface area (Å²) in [6.07, 6.45) is 0.486. The van der Waals surface area contributed by atoms with Crippen molar-refractivity contribution in [3.05, 3.63) is 0 Å². The van der Waals surface area contributed by atoms with Gasteiger partial charge in [0.05, 0.1) is 13.0 Å². The molecule has 16 heavy (non-hydrogen) atoms. The summed E-state index contributed by atoms with van der Waals surface area (Å²) in [5.74, 6) is -0.0991. The van der Waals surface area contributed by atoms with E-state index < -0.39 is 0 Å². The summed E-state index contributed by atoms with van der Waals surface area (Å²) in [6.45, 7) is 9.38. The van der Waals surface area contributed by atoms with Gasteiger partial charge in [0.1, 0.15) is 0 Å². The number of esters is 1. The van der Waals surface area contributed by atoms with Crippen molar-refractivity contribution in [2.24, 2.45) is 0 Å². The van der Waals surface area contributed by atoms with E-state index in [1.165, 1.54) is 0 Å². The number of rotatable bonds is 8. The summed E-state index contributed by atoms with van der Waals surface area (Å²) in [4.78, 5) is 15.7. The summed E-state index contributed by atoms with van der Waals surface area (Å²) >= 11 is 0. The third kappa shape index (κ3) is 6.80. The standard InChI is InChI=1S/C12H26N2O2/c1-6-14(11(3)10-13(4)5)9-8-12(15)16-7-2/h11H,6-10H2,1-5H3. The fraction of sp³-hybridized carbons (Fsp3) is 0.917. The normalized spacial score (nSPS) is 13.2. The number of hydrogen-bond acceptors (Lipinski definition) is 4. The van der Waals surface area contributed by atoms with Gasteiger partial charge in [-0.05, 0) is 34.5 Å². The van der Waals surface area contributed by atoms with E-state index in [-0.39, 0.29) is 5.97 Å². The van der Waals surface area contributed by atoms with Gasteiger partial charge in [-0.15, -0.1) is 0 Å². The molecule has 0 aliphatic rings. The second-order valence-electron chi connectivity index (χ2n) is 4.29. The van der Waals surface area contributed by atoms with E-state index in [0.29, 0.717) is 19.1 Å². The van der Waals surface area contributed by atoms with Crippen molar-refractivity contribution in [2.75, 3.05) is 40.3 Å². The third-order valence-corrected chi connectivity index (χ3v) is 2.57. The smallest absolute Gasteiger partial charge is 0.307 e. The Bertz CT molecular complexity index is 195. The number of carbonyl (C=O) groups excluding carboxylic acids is 1. The number of hydrogen-bond donors (Lipinski definition) is 0. The molecule has 0 amide bonds. The SMILES string of the molecule is CCOC(=O)CCN(CC)C(C)CN(C)C. The van der Waals surface area contributed by atoms with Crippen LogP contribution in [0.25, 0.3) is 0 Å². The van der Waals surface area contributed by atoms with Gasteiger partial charge in [0.2, 0.25) is 0 Å². The molecule has 0 aromatic rings. The third-order valence-electron chi connectivity index (χ3n) is 2.57. The van der Waals surface area contributed by atoms with Crippen LogP contribution in [-0.2, 0) is 9.53 Å². The fourth-order valence-electron chi connectivity index (χ4n) is 1.80. The molecule has 4 heteroatoms.